The van der Waals surface area contributed by atoms with Gasteiger partial charge in [-0.1, -0.05) is 36.4 Å². The zero-order valence-electron chi connectivity index (χ0n) is 14.5. The second-order valence-corrected chi connectivity index (χ2v) is 5.36. The molecule has 0 atom stereocenters. The predicted molar refractivity (Wildman–Crippen MR) is 96.0 cm³/mol. The van der Waals surface area contributed by atoms with E-state index < -0.39 is 35.3 Å². The van der Waals surface area contributed by atoms with Gasteiger partial charge in [-0.05, 0) is 0 Å². The summed E-state index contributed by atoms with van der Waals surface area (Å²) in [5.74, 6) is -2.94. The molecule has 1 aromatic heterocycles. The van der Waals surface area contributed by atoms with Crippen molar-refractivity contribution in [3.05, 3.63) is 82.8 Å². The molecule has 0 aliphatic rings. The minimum absolute atomic E-state index is 0. The fraction of sp³-hybridized carbons (Fsp3) is 0.0526. The first-order valence-electron chi connectivity index (χ1n) is 7.66. The average Bonchev–Trinajstić information content (AvgIpc) is 2.63. The summed E-state index contributed by atoms with van der Waals surface area (Å²) in [5, 5.41) is 20.6. The molecule has 3 aromatic rings. The van der Waals surface area contributed by atoms with E-state index in [2.05, 4.69) is 11.9 Å². The van der Waals surface area contributed by atoms with Crippen molar-refractivity contribution in [3.8, 4) is 5.75 Å². The number of amides is 1. The van der Waals surface area contributed by atoms with Gasteiger partial charge in [-0.3, -0.25) is 9.59 Å². The van der Waals surface area contributed by atoms with Gasteiger partial charge in [-0.15, -0.1) is 5.52 Å². The number of fused-ring (bicyclic) bond motifs is 1. The van der Waals surface area contributed by atoms with Gasteiger partial charge in [0.15, 0.2) is 0 Å². The van der Waals surface area contributed by atoms with Gasteiger partial charge in [0.2, 0.25) is 0 Å². The van der Waals surface area contributed by atoms with Crippen molar-refractivity contribution in [2.45, 2.75) is 0 Å². The van der Waals surface area contributed by atoms with Crippen LogP contribution in [0, 0.1) is 43.9 Å². The van der Waals surface area contributed by atoms with Crippen LogP contribution in [0.25, 0.3) is 10.9 Å². The van der Waals surface area contributed by atoms with Crippen molar-refractivity contribution in [2.75, 3.05) is 6.54 Å². The summed E-state index contributed by atoms with van der Waals surface area (Å²) >= 11 is 0. The summed E-state index contributed by atoms with van der Waals surface area (Å²) in [5.41, 5.74) is -0.356. The molecular formula is C19H15FN2O5U. The zero-order chi connectivity index (χ0) is 20.0. The van der Waals surface area contributed by atoms with Crippen LogP contribution in [0.15, 0.2) is 53.3 Å². The maximum Gasteiger partial charge on any atom is 2.00 e. The molecule has 0 bridgehead atoms. The molecular weight excluding hydrogens is 593 g/mol. The van der Waals surface area contributed by atoms with Crippen LogP contribution in [0.2, 0.25) is 0 Å². The van der Waals surface area contributed by atoms with Crippen LogP contribution in [0.4, 0.5) is 4.39 Å². The molecule has 1 amide bonds. The number of aliphatic carboxylic acids is 1. The monoisotopic (exact) mass is 608 g/mol. The minimum Gasteiger partial charge on any atom is -0.622 e. The van der Waals surface area contributed by atoms with Gasteiger partial charge in [0.05, 0.1) is 11.4 Å². The van der Waals surface area contributed by atoms with Crippen LogP contribution in [0.3, 0.4) is 0 Å². The second kappa shape index (κ2) is 10.5. The third kappa shape index (κ3) is 6.15. The quantitative estimate of drug-likeness (QED) is 0.390. The van der Waals surface area contributed by atoms with E-state index in [1.807, 2.05) is 5.32 Å². The number of para-hydroxylation sites is 1. The van der Waals surface area contributed by atoms with Gasteiger partial charge < -0.3 is 25.3 Å². The van der Waals surface area contributed by atoms with Gasteiger partial charge in [-0.25, -0.2) is 4.39 Å². The smallest absolute Gasteiger partial charge is 0.622 e. The van der Waals surface area contributed by atoms with E-state index in [9.17, 15) is 23.9 Å². The Bertz CT molecular complexity index is 1010. The SMILES string of the molecule is O=C(O)CNC(=O)c1c(O)c2ccccc2[n-]c1=O.[CH2-]c1ccc(F)cc1.[U+2]. The first-order chi connectivity index (χ1) is 12.8. The Kier molecular flexibility index (Phi) is 8.77. The Morgan fingerprint density at radius 2 is 1.71 bits per heavy atom. The van der Waals surface area contributed by atoms with Crippen molar-refractivity contribution in [1.82, 2.24) is 10.3 Å². The van der Waals surface area contributed by atoms with Crippen molar-refractivity contribution in [2.24, 2.45) is 0 Å². The molecule has 3 rings (SSSR count). The van der Waals surface area contributed by atoms with E-state index in [1.165, 1.54) is 24.3 Å². The Hall–Kier alpha value is -2.76. The number of hydrogen-bond donors (Lipinski definition) is 3. The van der Waals surface area contributed by atoms with Crippen molar-refractivity contribution in [3.63, 3.8) is 0 Å². The number of hydrogen-bond acceptors (Lipinski definition) is 4. The number of nitrogens with one attached hydrogen (secondary N) is 1. The van der Waals surface area contributed by atoms with Crippen molar-refractivity contribution < 1.29 is 55.3 Å². The molecule has 0 fully saturated rings. The Balaban J connectivity index is 0.000000367. The maximum atomic E-state index is 12.1. The first kappa shape index (κ1) is 23.3. The van der Waals surface area contributed by atoms with E-state index in [0.717, 1.165) is 5.56 Å². The van der Waals surface area contributed by atoms with Crippen LogP contribution in [-0.2, 0) is 4.79 Å². The van der Waals surface area contributed by atoms with Gasteiger partial charge in [0.1, 0.15) is 17.9 Å². The fourth-order valence-corrected chi connectivity index (χ4v) is 2.11. The van der Waals surface area contributed by atoms with Crippen LogP contribution >= 0.6 is 0 Å². The van der Waals surface area contributed by atoms with Crippen LogP contribution in [-0.4, -0.2) is 28.6 Å². The number of rotatable bonds is 3. The summed E-state index contributed by atoms with van der Waals surface area (Å²) in [4.78, 5) is 37.3. The molecule has 0 saturated heterocycles. The van der Waals surface area contributed by atoms with Crippen LogP contribution in [0.5, 0.6) is 5.75 Å². The summed E-state index contributed by atoms with van der Waals surface area (Å²) < 4.78 is 12.1. The predicted octanol–water partition coefficient (Wildman–Crippen LogP) is 1.69. The fourth-order valence-electron chi connectivity index (χ4n) is 2.11. The third-order valence-electron chi connectivity index (χ3n) is 3.37. The summed E-state index contributed by atoms with van der Waals surface area (Å²) in [7, 11) is 0. The molecule has 142 valence electrons. The normalized spacial score (nSPS) is 9.61. The minimum atomic E-state index is -1.26. The molecule has 1 heterocycles. The van der Waals surface area contributed by atoms with Crippen molar-refractivity contribution >= 4 is 22.8 Å². The molecule has 2 aromatic carbocycles. The number of carboxylic acids is 1. The van der Waals surface area contributed by atoms with Gasteiger partial charge in [0, 0.05) is 5.39 Å². The summed E-state index contributed by atoms with van der Waals surface area (Å²) in [6.07, 6.45) is 0. The molecule has 0 aliphatic carbocycles. The second-order valence-electron chi connectivity index (χ2n) is 5.36. The average molecular weight is 608 g/mol. The largest absolute Gasteiger partial charge is 2.00 e. The molecule has 0 spiro atoms. The molecule has 7 nitrogen and oxygen atoms in total. The number of pyridine rings is 1. The standard InChI is InChI=1S/C12H10N2O5.C7H6F.U/c15-8(16)5-13-11(18)9-10(17)6-3-1-2-4-7(6)14-12(9)19;1-6-2-4-7(8)5-3-6;/h1-4H,5H2,(H4,13,14,15,16,17,18,19);2-5H,1H2;/q;-1;+2/p-1. The van der Waals surface area contributed by atoms with E-state index in [-0.39, 0.29) is 47.8 Å². The van der Waals surface area contributed by atoms with E-state index in [0.29, 0.717) is 0 Å². The van der Waals surface area contributed by atoms with E-state index >= 15 is 0 Å². The number of aromatic hydroxyl groups is 1. The topological polar surface area (TPSA) is 118 Å². The molecule has 9 heteroatoms. The Labute approximate surface area is 183 Å². The molecule has 0 unspecified atom stereocenters. The molecule has 0 saturated carbocycles. The number of carbonyl (C=O) groups excluding carboxylic acids is 1. The Morgan fingerprint density at radius 1 is 1.11 bits per heavy atom. The molecule has 0 radical (unpaired) electrons. The molecule has 28 heavy (non-hydrogen) atoms. The van der Waals surface area contributed by atoms with Crippen molar-refractivity contribution in [1.29, 1.82) is 0 Å². The summed E-state index contributed by atoms with van der Waals surface area (Å²) in [6, 6.07) is 12.3. The molecule has 0 aliphatic heterocycles. The zero-order valence-corrected chi connectivity index (χ0v) is 18.6. The number of carboxylic acid groups (broad SMARTS) is 1. The van der Waals surface area contributed by atoms with Crippen LogP contribution in [0.1, 0.15) is 15.9 Å². The third-order valence-corrected chi connectivity index (χ3v) is 3.37. The number of aromatic nitrogens is 1. The number of benzene rings is 2. The Morgan fingerprint density at radius 3 is 2.29 bits per heavy atom. The van der Waals surface area contributed by atoms with Crippen LogP contribution < -0.4 is 15.9 Å². The number of carbonyl (C=O) groups is 2. The van der Waals surface area contributed by atoms with Gasteiger partial charge in [0.25, 0.3) is 5.91 Å². The first-order valence-corrected chi connectivity index (χ1v) is 7.66. The van der Waals surface area contributed by atoms with Gasteiger partial charge in [-0.2, -0.15) is 24.6 Å². The number of nitrogens with zero attached hydrogens (tertiary/aromatic N) is 1. The van der Waals surface area contributed by atoms with E-state index in [1.54, 1.807) is 24.3 Å². The number of halogens is 1. The van der Waals surface area contributed by atoms with Gasteiger partial charge >= 0.3 is 37.1 Å². The molecule has 3 N–H and O–H groups in total. The maximum absolute atomic E-state index is 12.1. The van der Waals surface area contributed by atoms with E-state index in [4.69, 9.17) is 5.11 Å². The summed E-state index contributed by atoms with van der Waals surface area (Å²) in [6.45, 7) is 2.95.